The average Bonchev–Trinajstić information content (AvgIpc) is 2.88. The average molecular weight is 303 g/mol. The summed E-state index contributed by atoms with van der Waals surface area (Å²) < 4.78 is 11.3. The van der Waals surface area contributed by atoms with Crippen LogP contribution in [0.4, 0.5) is 5.69 Å². The Morgan fingerprint density at radius 2 is 2.10 bits per heavy atom. The molecule has 0 aliphatic rings. The van der Waals surface area contributed by atoms with Crippen LogP contribution in [-0.2, 0) is 13.0 Å². The van der Waals surface area contributed by atoms with Crippen LogP contribution in [0.25, 0.3) is 11.1 Å². The van der Waals surface area contributed by atoms with E-state index in [1.54, 1.807) is 18.2 Å². The Morgan fingerprint density at radius 1 is 1.24 bits per heavy atom. The van der Waals surface area contributed by atoms with Gasteiger partial charge in [-0.3, -0.25) is 0 Å². The number of hydrogen-bond acceptors (Lipinski definition) is 4. The van der Waals surface area contributed by atoms with E-state index in [-0.39, 0.29) is 6.61 Å². The molecule has 0 aliphatic carbocycles. The van der Waals surface area contributed by atoms with Crippen molar-refractivity contribution in [1.29, 1.82) is 0 Å². The van der Waals surface area contributed by atoms with Crippen molar-refractivity contribution in [3.63, 3.8) is 0 Å². The largest absolute Gasteiger partial charge is 0.484 e. The predicted molar refractivity (Wildman–Crippen MR) is 83.6 cm³/mol. The Balaban J connectivity index is 1.76. The number of nitrogens with zero attached hydrogens (tertiary/aromatic N) is 1. The van der Waals surface area contributed by atoms with Gasteiger partial charge < -0.3 is 14.9 Å². The van der Waals surface area contributed by atoms with Crippen LogP contribution in [0.15, 0.2) is 40.8 Å². The van der Waals surface area contributed by atoms with Crippen LogP contribution in [0.5, 0.6) is 5.75 Å². The van der Waals surface area contributed by atoms with E-state index in [2.05, 4.69) is 11.9 Å². The molecule has 2 aromatic carbocycles. The van der Waals surface area contributed by atoms with Gasteiger partial charge in [0.2, 0.25) is 5.89 Å². The molecule has 0 unspecified atom stereocenters. The fourth-order valence-corrected chi connectivity index (χ4v) is 2.36. The van der Waals surface area contributed by atoms with Gasteiger partial charge in [0.05, 0.1) is 0 Å². The van der Waals surface area contributed by atoms with E-state index in [1.807, 2.05) is 18.2 Å². The molecule has 0 atom stereocenters. The van der Waals surface area contributed by atoms with E-state index >= 15 is 0 Å². The molecule has 2 N–H and O–H groups in total. The molecular formula is C16H15ClN2O2. The summed E-state index contributed by atoms with van der Waals surface area (Å²) in [6, 6.07) is 11.0. The van der Waals surface area contributed by atoms with Gasteiger partial charge in [0.15, 0.2) is 12.2 Å². The minimum absolute atomic E-state index is 0.263. The SMILES string of the molecule is CCc1cc(OCc2nc3cc(N)ccc3o2)ccc1Cl. The molecule has 0 saturated carbocycles. The molecule has 21 heavy (non-hydrogen) atoms. The van der Waals surface area contributed by atoms with E-state index in [4.69, 9.17) is 26.5 Å². The highest BCUT2D eigenvalue weighted by Crippen LogP contribution is 2.24. The topological polar surface area (TPSA) is 61.3 Å². The van der Waals surface area contributed by atoms with Gasteiger partial charge >= 0.3 is 0 Å². The number of hydrogen-bond donors (Lipinski definition) is 1. The first-order valence-electron chi connectivity index (χ1n) is 6.72. The lowest BCUT2D eigenvalue weighted by Gasteiger charge is -2.06. The lowest BCUT2D eigenvalue weighted by atomic mass is 10.1. The number of aromatic nitrogens is 1. The fourth-order valence-electron chi connectivity index (χ4n) is 2.11. The van der Waals surface area contributed by atoms with Crippen LogP contribution < -0.4 is 10.5 Å². The monoisotopic (exact) mass is 302 g/mol. The summed E-state index contributed by atoms with van der Waals surface area (Å²) in [5.41, 5.74) is 8.87. The number of fused-ring (bicyclic) bond motifs is 1. The van der Waals surface area contributed by atoms with Gasteiger partial charge in [-0.2, -0.15) is 0 Å². The Hall–Kier alpha value is -2.20. The van der Waals surface area contributed by atoms with Crippen LogP contribution >= 0.6 is 11.6 Å². The summed E-state index contributed by atoms with van der Waals surface area (Å²) in [4.78, 5) is 4.35. The number of benzene rings is 2. The normalized spacial score (nSPS) is 11.0. The number of aryl methyl sites for hydroxylation is 1. The maximum atomic E-state index is 6.08. The minimum atomic E-state index is 0.263. The molecule has 0 saturated heterocycles. The molecule has 0 amide bonds. The first-order valence-corrected chi connectivity index (χ1v) is 7.09. The molecule has 3 rings (SSSR count). The lowest BCUT2D eigenvalue weighted by molar-refractivity contribution is 0.267. The summed E-state index contributed by atoms with van der Waals surface area (Å²) in [5, 5.41) is 0.752. The van der Waals surface area contributed by atoms with Crippen molar-refractivity contribution in [2.75, 3.05) is 5.73 Å². The highest BCUT2D eigenvalue weighted by Gasteiger charge is 2.07. The third-order valence-corrected chi connectivity index (χ3v) is 3.59. The summed E-state index contributed by atoms with van der Waals surface area (Å²) in [6.07, 6.45) is 0.859. The van der Waals surface area contributed by atoms with E-state index in [9.17, 15) is 0 Å². The van der Waals surface area contributed by atoms with Crippen LogP contribution in [0.1, 0.15) is 18.4 Å². The van der Waals surface area contributed by atoms with Crippen molar-refractivity contribution < 1.29 is 9.15 Å². The van der Waals surface area contributed by atoms with Crippen molar-refractivity contribution in [1.82, 2.24) is 4.98 Å². The Kier molecular flexibility index (Phi) is 3.71. The van der Waals surface area contributed by atoms with Crippen LogP contribution in [0.3, 0.4) is 0 Å². The number of ether oxygens (including phenoxy) is 1. The van der Waals surface area contributed by atoms with Gasteiger partial charge in [-0.05, 0) is 48.4 Å². The molecule has 3 aromatic rings. The van der Waals surface area contributed by atoms with Crippen molar-refractivity contribution in [3.8, 4) is 5.75 Å². The molecule has 108 valence electrons. The molecular weight excluding hydrogens is 288 g/mol. The van der Waals surface area contributed by atoms with Gasteiger partial charge in [-0.1, -0.05) is 18.5 Å². The third kappa shape index (κ3) is 2.95. The Morgan fingerprint density at radius 3 is 2.90 bits per heavy atom. The third-order valence-electron chi connectivity index (χ3n) is 3.22. The number of rotatable bonds is 4. The first kappa shape index (κ1) is 13.8. The van der Waals surface area contributed by atoms with Gasteiger partial charge in [0.1, 0.15) is 11.3 Å². The smallest absolute Gasteiger partial charge is 0.233 e. The molecule has 5 heteroatoms. The van der Waals surface area contributed by atoms with Crippen molar-refractivity contribution in [3.05, 3.63) is 52.9 Å². The van der Waals surface area contributed by atoms with Gasteiger partial charge in [0, 0.05) is 10.7 Å². The number of anilines is 1. The Labute approximate surface area is 127 Å². The first-order chi connectivity index (χ1) is 10.2. The minimum Gasteiger partial charge on any atom is -0.484 e. The number of nitrogen functional groups attached to an aromatic ring is 1. The second kappa shape index (κ2) is 5.66. The van der Waals surface area contributed by atoms with Gasteiger partial charge in [-0.15, -0.1) is 0 Å². The summed E-state index contributed by atoms with van der Waals surface area (Å²) in [7, 11) is 0. The zero-order valence-corrected chi connectivity index (χ0v) is 12.4. The van der Waals surface area contributed by atoms with E-state index < -0.39 is 0 Å². The quantitative estimate of drug-likeness (QED) is 0.734. The van der Waals surface area contributed by atoms with Gasteiger partial charge in [-0.25, -0.2) is 4.98 Å². The predicted octanol–water partition coefficient (Wildman–Crippen LogP) is 4.20. The highest BCUT2D eigenvalue weighted by molar-refractivity contribution is 6.31. The highest BCUT2D eigenvalue weighted by atomic mass is 35.5. The second-order valence-corrected chi connectivity index (χ2v) is 5.14. The molecule has 1 heterocycles. The maximum absolute atomic E-state index is 6.08. The molecule has 0 spiro atoms. The second-order valence-electron chi connectivity index (χ2n) is 4.73. The number of nitrogens with two attached hydrogens (primary N) is 1. The van der Waals surface area contributed by atoms with E-state index in [0.29, 0.717) is 17.2 Å². The fraction of sp³-hybridized carbons (Fsp3) is 0.188. The molecule has 0 radical (unpaired) electrons. The molecule has 0 fully saturated rings. The lowest BCUT2D eigenvalue weighted by Crippen LogP contribution is -1.96. The van der Waals surface area contributed by atoms with Crippen LogP contribution in [0, 0.1) is 0 Å². The number of halogens is 1. The summed E-state index contributed by atoms with van der Waals surface area (Å²) in [5.74, 6) is 1.27. The molecule has 4 nitrogen and oxygen atoms in total. The Bertz CT molecular complexity index is 783. The number of oxazole rings is 1. The van der Waals surface area contributed by atoms with Crippen LogP contribution in [0.2, 0.25) is 5.02 Å². The van der Waals surface area contributed by atoms with Crippen molar-refractivity contribution in [2.24, 2.45) is 0 Å². The zero-order valence-electron chi connectivity index (χ0n) is 11.6. The zero-order chi connectivity index (χ0) is 14.8. The molecule has 1 aromatic heterocycles. The van der Waals surface area contributed by atoms with E-state index in [0.717, 1.165) is 28.3 Å². The van der Waals surface area contributed by atoms with Crippen LogP contribution in [-0.4, -0.2) is 4.98 Å². The standard InChI is InChI=1S/C16H15ClN2O2/c1-2-10-7-12(4-5-13(10)17)20-9-16-19-14-8-11(18)3-6-15(14)21-16/h3-8H,2,9,18H2,1H3. The van der Waals surface area contributed by atoms with Gasteiger partial charge in [0.25, 0.3) is 0 Å². The molecule has 0 bridgehead atoms. The summed E-state index contributed by atoms with van der Waals surface area (Å²) in [6.45, 7) is 2.32. The van der Waals surface area contributed by atoms with Crippen molar-refractivity contribution >= 4 is 28.4 Å². The van der Waals surface area contributed by atoms with E-state index in [1.165, 1.54) is 0 Å². The molecule has 0 aliphatic heterocycles. The van der Waals surface area contributed by atoms with Crippen molar-refractivity contribution in [2.45, 2.75) is 20.0 Å². The maximum Gasteiger partial charge on any atom is 0.233 e. The summed E-state index contributed by atoms with van der Waals surface area (Å²) >= 11 is 6.08.